The number of ether oxygens (including phenoxy) is 2. The number of rotatable bonds is 4. The highest BCUT2D eigenvalue weighted by Crippen LogP contribution is 2.21. The summed E-state index contributed by atoms with van der Waals surface area (Å²) in [6.45, 7) is 0. The van der Waals surface area contributed by atoms with E-state index in [1.807, 2.05) is 0 Å². The third kappa shape index (κ3) is 3.66. The Labute approximate surface area is 128 Å². The number of carbonyl (C=O) groups excluding carboxylic acids is 1. The summed E-state index contributed by atoms with van der Waals surface area (Å²) in [5.74, 6) is -0.423. The van der Waals surface area contributed by atoms with Crippen molar-refractivity contribution in [2.24, 2.45) is 0 Å². The summed E-state index contributed by atoms with van der Waals surface area (Å²) >= 11 is 3.13. The lowest BCUT2D eigenvalue weighted by atomic mass is 10.2. The lowest BCUT2D eigenvalue weighted by Gasteiger charge is -2.08. The third-order valence-electron chi connectivity index (χ3n) is 2.50. The number of hydrogen-bond donors (Lipinski definition) is 1. The Kier molecular flexibility index (Phi) is 4.69. The molecule has 0 saturated heterocycles. The van der Waals surface area contributed by atoms with Crippen LogP contribution < -0.4 is 14.8 Å². The Morgan fingerprint density at radius 2 is 1.81 bits per heavy atom. The van der Waals surface area contributed by atoms with Crippen LogP contribution >= 0.6 is 15.9 Å². The molecule has 1 aromatic heterocycles. The molecular weight excluding hydrogens is 345 g/mol. The van der Waals surface area contributed by atoms with Crippen molar-refractivity contribution in [1.82, 2.24) is 9.97 Å². The van der Waals surface area contributed by atoms with Crippen LogP contribution in [0, 0.1) is 5.82 Å². The highest BCUT2D eigenvalue weighted by atomic mass is 79.9. The van der Waals surface area contributed by atoms with Crippen LogP contribution in [0.1, 0.15) is 10.4 Å². The van der Waals surface area contributed by atoms with Crippen LogP contribution in [0.2, 0.25) is 0 Å². The van der Waals surface area contributed by atoms with Crippen LogP contribution in [-0.2, 0) is 0 Å². The summed E-state index contributed by atoms with van der Waals surface area (Å²) in [4.78, 5) is 20.1. The van der Waals surface area contributed by atoms with E-state index in [0.29, 0.717) is 4.47 Å². The fourth-order valence-electron chi connectivity index (χ4n) is 1.51. The van der Waals surface area contributed by atoms with Gasteiger partial charge in [-0.25, -0.2) is 4.39 Å². The molecule has 2 aromatic rings. The molecule has 1 N–H and O–H groups in total. The Balaban J connectivity index is 2.26. The molecule has 1 amide bonds. The molecule has 1 aromatic carbocycles. The molecule has 8 heteroatoms. The average molecular weight is 356 g/mol. The molecule has 0 saturated carbocycles. The van der Waals surface area contributed by atoms with Gasteiger partial charge < -0.3 is 9.47 Å². The molecule has 2 rings (SSSR count). The molecule has 0 aliphatic carbocycles. The lowest BCUT2D eigenvalue weighted by molar-refractivity contribution is 0.102. The van der Waals surface area contributed by atoms with Gasteiger partial charge in [-0.3, -0.25) is 10.1 Å². The molecule has 0 aliphatic heterocycles. The highest BCUT2D eigenvalue weighted by Gasteiger charge is 2.14. The van der Waals surface area contributed by atoms with E-state index in [1.54, 1.807) is 0 Å². The van der Waals surface area contributed by atoms with Crippen molar-refractivity contribution in [2.75, 3.05) is 19.5 Å². The Bertz CT molecular complexity index is 659. The maximum atomic E-state index is 13.0. The van der Waals surface area contributed by atoms with E-state index >= 15 is 0 Å². The standard InChI is InChI=1S/C13H11BrFN3O3/c1-20-10-6-11(21-2)17-13(16-10)18-12(19)8-4-3-7(15)5-9(8)14/h3-6H,1-2H3,(H,16,17,18,19). The smallest absolute Gasteiger partial charge is 0.259 e. The van der Waals surface area contributed by atoms with Gasteiger partial charge in [-0.05, 0) is 34.1 Å². The van der Waals surface area contributed by atoms with E-state index in [1.165, 1.54) is 38.5 Å². The zero-order valence-corrected chi connectivity index (χ0v) is 12.8. The molecule has 0 spiro atoms. The van der Waals surface area contributed by atoms with E-state index in [2.05, 4.69) is 31.2 Å². The normalized spacial score (nSPS) is 10.1. The van der Waals surface area contributed by atoms with Crippen LogP contribution in [-0.4, -0.2) is 30.1 Å². The molecule has 0 aliphatic rings. The minimum absolute atomic E-state index is 0.0208. The Morgan fingerprint density at radius 1 is 1.19 bits per heavy atom. The summed E-state index contributed by atoms with van der Waals surface area (Å²) in [6.07, 6.45) is 0. The second-order valence-corrected chi connectivity index (χ2v) is 4.71. The molecule has 6 nitrogen and oxygen atoms in total. The topological polar surface area (TPSA) is 73.3 Å². The van der Waals surface area contributed by atoms with Crippen molar-refractivity contribution >= 4 is 27.8 Å². The van der Waals surface area contributed by atoms with Crippen molar-refractivity contribution in [2.45, 2.75) is 0 Å². The first kappa shape index (κ1) is 15.2. The van der Waals surface area contributed by atoms with E-state index < -0.39 is 11.7 Å². The molecule has 0 radical (unpaired) electrons. The fraction of sp³-hybridized carbons (Fsp3) is 0.154. The first-order chi connectivity index (χ1) is 10.0. The minimum atomic E-state index is -0.489. The van der Waals surface area contributed by atoms with Gasteiger partial charge in [-0.1, -0.05) is 0 Å². The summed E-state index contributed by atoms with van der Waals surface area (Å²) < 4.78 is 23.3. The largest absolute Gasteiger partial charge is 0.481 e. The average Bonchev–Trinajstić information content (AvgIpc) is 2.46. The van der Waals surface area contributed by atoms with Crippen molar-refractivity contribution in [3.05, 3.63) is 40.1 Å². The zero-order valence-electron chi connectivity index (χ0n) is 11.2. The van der Waals surface area contributed by atoms with Gasteiger partial charge in [-0.2, -0.15) is 9.97 Å². The maximum absolute atomic E-state index is 13.0. The van der Waals surface area contributed by atoms with Crippen LogP contribution in [0.15, 0.2) is 28.7 Å². The van der Waals surface area contributed by atoms with Crippen LogP contribution in [0.4, 0.5) is 10.3 Å². The van der Waals surface area contributed by atoms with E-state index in [4.69, 9.17) is 9.47 Å². The molecule has 0 bridgehead atoms. The second-order valence-electron chi connectivity index (χ2n) is 3.85. The predicted molar refractivity (Wildman–Crippen MR) is 77.2 cm³/mol. The molecule has 110 valence electrons. The number of aromatic nitrogens is 2. The van der Waals surface area contributed by atoms with Crippen molar-refractivity contribution in [3.8, 4) is 11.8 Å². The molecule has 0 unspecified atom stereocenters. The number of nitrogens with one attached hydrogen (secondary N) is 1. The molecule has 1 heterocycles. The van der Waals surface area contributed by atoms with E-state index in [9.17, 15) is 9.18 Å². The van der Waals surface area contributed by atoms with E-state index in [0.717, 1.165) is 0 Å². The number of hydrogen-bond acceptors (Lipinski definition) is 5. The predicted octanol–water partition coefficient (Wildman–Crippen LogP) is 2.65. The summed E-state index contributed by atoms with van der Waals surface area (Å²) in [7, 11) is 2.87. The fourth-order valence-corrected chi connectivity index (χ4v) is 2.04. The first-order valence-electron chi connectivity index (χ1n) is 5.77. The number of anilines is 1. The maximum Gasteiger partial charge on any atom is 0.259 e. The van der Waals surface area contributed by atoms with Gasteiger partial charge in [0, 0.05) is 4.47 Å². The van der Waals surface area contributed by atoms with Crippen LogP contribution in [0.3, 0.4) is 0 Å². The van der Waals surface area contributed by atoms with Gasteiger partial charge in [0.05, 0.1) is 25.8 Å². The van der Waals surface area contributed by atoms with E-state index in [-0.39, 0.29) is 23.3 Å². The van der Waals surface area contributed by atoms with Crippen LogP contribution in [0.25, 0.3) is 0 Å². The summed E-state index contributed by atoms with van der Waals surface area (Å²) in [5, 5.41) is 2.49. The monoisotopic (exact) mass is 355 g/mol. The van der Waals surface area contributed by atoms with Gasteiger partial charge in [0.25, 0.3) is 5.91 Å². The minimum Gasteiger partial charge on any atom is -0.481 e. The highest BCUT2D eigenvalue weighted by molar-refractivity contribution is 9.10. The molecule has 21 heavy (non-hydrogen) atoms. The SMILES string of the molecule is COc1cc(OC)nc(NC(=O)c2ccc(F)cc2Br)n1. The summed E-state index contributed by atoms with van der Waals surface area (Å²) in [5.41, 5.74) is 0.252. The number of nitrogens with zero attached hydrogens (tertiary/aromatic N) is 2. The van der Waals surface area contributed by atoms with Gasteiger partial charge in [0.2, 0.25) is 17.7 Å². The Morgan fingerprint density at radius 3 is 2.33 bits per heavy atom. The van der Waals surface area contributed by atoms with Crippen LogP contribution in [0.5, 0.6) is 11.8 Å². The molecular formula is C13H11BrFN3O3. The second kappa shape index (κ2) is 6.49. The Hall–Kier alpha value is -2.22. The van der Waals surface area contributed by atoms with Gasteiger partial charge in [0.15, 0.2) is 0 Å². The lowest BCUT2D eigenvalue weighted by Crippen LogP contribution is -2.15. The zero-order chi connectivity index (χ0) is 15.4. The van der Waals surface area contributed by atoms with Gasteiger partial charge in [0.1, 0.15) is 5.82 Å². The van der Waals surface area contributed by atoms with Gasteiger partial charge in [-0.15, -0.1) is 0 Å². The molecule has 0 atom stereocenters. The van der Waals surface area contributed by atoms with Gasteiger partial charge >= 0.3 is 0 Å². The first-order valence-corrected chi connectivity index (χ1v) is 6.56. The van der Waals surface area contributed by atoms with Crippen molar-refractivity contribution in [1.29, 1.82) is 0 Å². The third-order valence-corrected chi connectivity index (χ3v) is 3.15. The number of benzene rings is 1. The van der Waals surface area contributed by atoms with Crippen molar-refractivity contribution < 1.29 is 18.7 Å². The summed E-state index contributed by atoms with van der Waals surface area (Å²) in [6, 6.07) is 5.21. The number of amides is 1. The molecule has 0 fully saturated rings. The number of halogens is 2. The quantitative estimate of drug-likeness (QED) is 0.912. The van der Waals surface area contributed by atoms with Crippen molar-refractivity contribution in [3.63, 3.8) is 0 Å². The number of methoxy groups -OCH3 is 2. The number of carbonyl (C=O) groups is 1.